The van der Waals surface area contributed by atoms with Gasteiger partial charge in [0.25, 0.3) is 0 Å². The van der Waals surface area contributed by atoms with Crippen LogP contribution in [0.25, 0.3) is 0 Å². The summed E-state index contributed by atoms with van der Waals surface area (Å²) in [5, 5.41) is 0. The van der Waals surface area contributed by atoms with Crippen LogP contribution >= 0.6 is 0 Å². The van der Waals surface area contributed by atoms with Gasteiger partial charge in [-0.3, -0.25) is 9.59 Å². The lowest BCUT2D eigenvalue weighted by Crippen LogP contribution is -2.10. The van der Waals surface area contributed by atoms with Crippen LogP contribution in [0.4, 0.5) is 0 Å². The zero-order chi connectivity index (χ0) is 26.7. The van der Waals surface area contributed by atoms with Crippen LogP contribution in [0.2, 0.25) is 0 Å². The van der Waals surface area contributed by atoms with Gasteiger partial charge in [-0.1, -0.05) is 84.9 Å². The zero-order valence-corrected chi connectivity index (χ0v) is 20.7. The molecule has 0 atom stereocenters. The van der Waals surface area contributed by atoms with Crippen molar-refractivity contribution >= 4 is 23.5 Å². The largest absolute Gasteiger partial charge is 0.462 e. The maximum atomic E-state index is 12.5. The molecule has 0 radical (unpaired) electrons. The third-order valence-electron chi connectivity index (χ3n) is 5.84. The smallest absolute Gasteiger partial charge is 0.338 e. The number of esters is 2. The molecular formula is C32H26O6. The van der Waals surface area contributed by atoms with Crippen LogP contribution in [0.5, 0.6) is 0 Å². The Morgan fingerprint density at radius 2 is 0.684 bits per heavy atom. The van der Waals surface area contributed by atoms with E-state index in [9.17, 15) is 19.2 Å². The second-order valence-electron chi connectivity index (χ2n) is 8.52. The van der Waals surface area contributed by atoms with Gasteiger partial charge in [0, 0.05) is 22.3 Å². The molecule has 0 saturated heterocycles. The molecule has 0 bridgehead atoms. The number of rotatable bonds is 11. The Kier molecular flexibility index (Phi) is 8.92. The Hall–Kier alpha value is -4.84. The molecule has 0 spiro atoms. The highest BCUT2D eigenvalue weighted by molar-refractivity contribution is 6.10. The predicted molar refractivity (Wildman–Crippen MR) is 142 cm³/mol. The van der Waals surface area contributed by atoms with E-state index in [-0.39, 0.29) is 24.8 Å². The lowest BCUT2D eigenvalue weighted by Gasteiger charge is -2.07. The molecule has 0 heterocycles. The van der Waals surface area contributed by atoms with Crippen molar-refractivity contribution < 1.29 is 28.7 Å². The van der Waals surface area contributed by atoms with Crippen LogP contribution < -0.4 is 0 Å². The maximum Gasteiger partial charge on any atom is 0.338 e. The van der Waals surface area contributed by atoms with Crippen molar-refractivity contribution in [1.29, 1.82) is 0 Å². The van der Waals surface area contributed by atoms with E-state index in [1.165, 1.54) is 0 Å². The predicted octanol–water partition coefficient (Wildman–Crippen LogP) is 5.94. The molecule has 0 unspecified atom stereocenters. The molecule has 0 saturated carbocycles. The monoisotopic (exact) mass is 506 g/mol. The van der Waals surface area contributed by atoms with E-state index >= 15 is 0 Å². The van der Waals surface area contributed by atoms with Crippen LogP contribution in [0, 0.1) is 0 Å². The number of unbranched alkanes of at least 4 members (excludes halogenated alkanes) is 1. The van der Waals surface area contributed by atoms with Crippen molar-refractivity contribution in [3.63, 3.8) is 0 Å². The highest BCUT2D eigenvalue weighted by Gasteiger charge is 2.13. The van der Waals surface area contributed by atoms with Gasteiger partial charge >= 0.3 is 11.9 Å². The van der Waals surface area contributed by atoms with E-state index in [1.807, 2.05) is 12.1 Å². The fourth-order valence-corrected chi connectivity index (χ4v) is 3.73. The number of ketones is 2. The number of hydrogen-bond acceptors (Lipinski definition) is 6. The Morgan fingerprint density at radius 1 is 0.395 bits per heavy atom. The molecule has 4 aromatic rings. The summed E-state index contributed by atoms with van der Waals surface area (Å²) < 4.78 is 10.6. The minimum atomic E-state index is -0.481. The number of ether oxygens (including phenoxy) is 2. The number of carbonyl (C=O) groups is 4. The highest BCUT2D eigenvalue weighted by Crippen LogP contribution is 2.14. The van der Waals surface area contributed by atoms with E-state index in [4.69, 9.17) is 9.47 Å². The number of benzene rings is 4. The van der Waals surface area contributed by atoms with Crippen LogP contribution in [0.1, 0.15) is 65.4 Å². The standard InChI is InChI=1S/C32H26O6/c33-29(23-9-3-1-4-10-23)25-13-17-27(18-14-25)31(35)37-21-7-8-22-38-32(36)28-19-15-26(16-20-28)30(34)24-11-5-2-6-12-24/h1-6,9-20H,7-8,21-22H2. The van der Waals surface area contributed by atoms with Crippen LogP contribution in [0.15, 0.2) is 109 Å². The van der Waals surface area contributed by atoms with Crippen molar-refractivity contribution in [1.82, 2.24) is 0 Å². The Labute approximate surface area is 220 Å². The molecule has 4 rings (SSSR count). The van der Waals surface area contributed by atoms with Gasteiger partial charge in [0.2, 0.25) is 0 Å². The van der Waals surface area contributed by atoms with E-state index < -0.39 is 11.9 Å². The molecule has 6 nitrogen and oxygen atoms in total. The van der Waals surface area contributed by atoms with Gasteiger partial charge in [-0.25, -0.2) is 9.59 Å². The minimum absolute atomic E-state index is 0.114. The fourth-order valence-electron chi connectivity index (χ4n) is 3.73. The lowest BCUT2D eigenvalue weighted by atomic mass is 10.0. The van der Waals surface area contributed by atoms with Gasteiger partial charge in [0.05, 0.1) is 24.3 Å². The van der Waals surface area contributed by atoms with Gasteiger partial charge in [-0.15, -0.1) is 0 Å². The summed E-state index contributed by atoms with van der Waals surface area (Å²) in [4.78, 5) is 49.5. The van der Waals surface area contributed by atoms with Crippen LogP contribution in [-0.2, 0) is 9.47 Å². The highest BCUT2D eigenvalue weighted by atomic mass is 16.5. The Balaban J connectivity index is 1.15. The fraction of sp³-hybridized carbons (Fsp3) is 0.125. The summed E-state index contributed by atoms with van der Waals surface area (Å²) in [6, 6.07) is 30.6. The lowest BCUT2D eigenvalue weighted by molar-refractivity contribution is 0.0432. The second kappa shape index (κ2) is 12.9. The van der Waals surface area contributed by atoms with Gasteiger partial charge in [-0.05, 0) is 37.1 Å². The third kappa shape index (κ3) is 6.89. The first kappa shape index (κ1) is 26.2. The van der Waals surface area contributed by atoms with Crippen molar-refractivity contribution in [2.75, 3.05) is 13.2 Å². The molecule has 0 aliphatic carbocycles. The van der Waals surface area contributed by atoms with Crippen LogP contribution in [-0.4, -0.2) is 36.7 Å². The molecule has 0 aliphatic heterocycles. The van der Waals surface area contributed by atoms with Gasteiger partial charge < -0.3 is 9.47 Å². The maximum absolute atomic E-state index is 12.5. The van der Waals surface area contributed by atoms with Crippen molar-refractivity contribution in [3.8, 4) is 0 Å². The topological polar surface area (TPSA) is 86.7 Å². The molecule has 6 heteroatoms. The number of hydrogen-bond donors (Lipinski definition) is 0. The van der Waals surface area contributed by atoms with Gasteiger partial charge in [0.15, 0.2) is 11.6 Å². The number of carbonyl (C=O) groups excluding carboxylic acids is 4. The average molecular weight is 507 g/mol. The van der Waals surface area contributed by atoms with Gasteiger partial charge in [-0.2, -0.15) is 0 Å². The molecule has 0 aromatic heterocycles. The van der Waals surface area contributed by atoms with Crippen molar-refractivity contribution in [2.24, 2.45) is 0 Å². The molecule has 0 N–H and O–H groups in total. The minimum Gasteiger partial charge on any atom is -0.462 e. The first-order valence-electron chi connectivity index (χ1n) is 12.3. The first-order chi connectivity index (χ1) is 18.5. The molecule has 38 heavy (non-hydrogen) atoms. The molecule has 0 amide bonds. The first-order valence-corrected chi connectivity index (χ1v) is 12.3. The zero-order valence-electron chi connectivity index (χ0n) is 20.7. The second-order valence-corrected chi connectivity index (χ2v) is 8.52. The molecule has 0 aliphatic rings. The average Bonchev–Trinajstić information content (AvgIpc) is 2.99. The van der Waals surface area contributed by atoms with Crippen molar-refractivity contribution in [3.05, 3.63) is 143 Å². The SMILES string of the molecule is O=C(OCCCCOC(=O)c1ccc(C(=O)c2ccccc2)cc1)c1ccc(C(=O)c2ccccc2)cc1. The van der Waals surface area contributed by atoms with Crippen LogP contribution in [0.3, 0.4) is 0 Å². The summed E-state index contributed by atoms with van der Waals surface area (Å²) >= 11 is 0. The normalized spacial score (nSPS) is 10.4. The molecular weight excluding hydrogens is 480 g/mol. The Morgan fingerprint density at radius 3 is 1.03 bits per heavy atom. The van der Waals surface area contributed by atoms with Crippen molar-refractivity contribution in [2.45, 2.75) is 12.8 Å². The Bertz CT molecular complexity index is 1280. The summed E-state index contributed by atoms with van der Waals surface area (Å²) in [6.45, 7) is 0.356. The molecule has 4 aromatic carbocycles. The van der Waals surface area contributed by atoms with E-state index in [2.05, 4.69) is 0 Å². The summed E-state index contributed by atoms with van der Waals surface area (Å²) in [5.74, 6) is -1.19. The van der Waals surface area contributed by atoms with Gasteiger partial charge in [0.1, 0.15) is 0 Å². The quantitative estimate of drug-likeness (QED) is 0.142. The summed E-state index contributed by atoms with van der Waals surface area (Å²) in [7, 11) is 0. The molecule has 0 fully saturated rings. The van der Waals surface area contributed by atoms with E-state index in [1.54, 1.807) is 97.1 Å². The summed E-state index contributed by atoms with van der Waals surface area (Å²) in [5.41, 5.74) is 2.86. The molecule has 190 valence electrons. The summed E-state index contributed by atoms with van der Waals surface area (Å²) in [6.07, 6.45) is 1.04. The third-order valence-corrected chi connectivity index (χ3v) is 5.84. The van der Waals surface area contributed by atoms with E-state index in [0.29, 0.717) is 46.2 Å². The van der Waals surface area contributed by atoms with E-state index in [0.717, 1.165) is 0 Å².